The van der Waals surface area contributed by atoms with Crippen LogP contribution in [0.1, 0.15) is 44.2 Å². The van der Waals surface area contributed by atoms with E-state index < -0.39 is 11.5 Å². The summed E-state index contributed by atoms with van der Waals surface area (Å²) < 4.78 is 0. The van der Waals surface area contributed by atoms with E-state index in [-0.39, 0.29) is 17.9 Å². The summed E-state index contributed by atoms with van der Waals surface area (Å²) in [5, 5.41) is 30.1. The van der Waals surface area contributed by atoms with Crippen molar-refractivity contribution in [2.24, 2.45) is 11.3 Å². The summed E-state index contributed by atoms with van der Waals surface area (Å²) in [6.45, 7) is 4.25. The minimum atomic E-state index is -0.448. The fourth-order valence-electron chi connectivity index (χ4n) is 4.70. The normalized spacial score (nSPS) is 40.0. The Labute approximate surface area is 120 Å². The summed E-state index contributed by atoms with van der Waals surface area (Å²) in [4.78, 5) is 0. The topological polar surface area (TPSA) is 60.7 Å². The van der Waals surface area contributed by atoms with Gasteiger partial charge in [-0.05, 0) is 60.3 Å². The van der Waals surface area contributed by atoms with Gasteiger partial charge in [-0.1, -0.05) is 19.9 Å². The number of phenolic OH excluding ortho intramolecular Hbond substituents is 1. The van der Waals surface area contributed by atoms with Gasteiger partial charge in [-0.25, -0.2) is 0 Å². The molecule has 0 aromatic heterocycles. The summed E-state index contributed by atoms with van der Waals surface area (Å²) in [7, 11) is 0. The highest BCUT2D eigenvalue weighted by Crippen LogP contribution is 2.57. The molecular formula is C17H24O3. The summed E-state index contributed by atoms with van der Waals surface area (Å²) in [5.41, 5.74) is 2.00. The van der Waals surface area contributed by atoms with Gasteiger partial charge in [-0.2, -0.15) is 0 Å². The largest absolute Gasteiger partial charge is 0.508 e. The van der Waals surface area contributed by atoms with Crippen LogP contribution in [0.5, 0.6) is 5.75 Å². The first-order chi connectivity index (χ1) is 9.41. The molecule has 1 aromatic carbocycles. The highest BCUT2D eigenvalue weighted by molar-refractivity contribution is 5.43. The fourth-order valence-corrected chi connectivity index (χ4v) is 4.70. The van der Waals surface area contributed by atoms with E-state index in [1.54, 1.807) is 6.07 Å². The molecular weight excluding hydrogens is 252 g/mol. The lowest BCUT2D eigenvalue weighted by molar-refractivity contribution is -0.110. The van der Waals surface area contributed by atoms with Gasteiger partial charge in [0.25, 0.3) is 0 Å². The number of fused-ring (bicyclic) bond motifs is 3. The minimum absolute atomic E-state index is 0.0164. The molecule has 0 heterocycles. The van der Waals surface area contributed by atoms with Crippen LogP contribution in [0.3, 0.4) is 0 Å². The van der Waals surface area contributed by atoms with Crippen LogP contribution in [0, 0.1) is 11.3 Å². The highest BCUT2D eigenvalue weighted by Gasteiger charge is 2.55. The van der Waals surface area contributed by atoms with E-state index in [0.29, 0.717) is 12.2 Å². The van der Waals surface area contributed by atoms with Crippen molar-refractivity contribution >= 4 is 0 Å². The molecule has 3 nitrogen and oxygen atoms in total. The predicted molar refractivity (Wildman–Crippen MR) is 77.7 cm³/mol. The predicted octanol–water partition coefficient (Wildman–Crippen LogP) is 2.37. The number of hydrogen-bond acceptors (Lipinski definition) is 3. The monoisotopic (exact) mass is 276 g/mol. The summed E-state index contributed by atoms with van der Waals surface area (Å²) in [5.74, 6) is 0.556. The highest BCUT2D eigenvalue weighted by atomic mass is 16.3. The lowest BCUT2D eigenvalue weighted by atomic mass is 9.49. The molecule has 0 radical (unpaired) electrons. The molecule has 0 aliphatic heterocycles. The average Bonchev–Trinajstić information content (AvgIpc) is 2.44. The van der Waals surface area contributed by atoms with Crippen molar-refractivity contribution in [3.63, 3.8) is 0 Å². The van der Waals surface area contributed by atoms with E-state index >= 15 is 0 Å². The average molecular weight is 276 g/mol. The third-order valence-electron chi connectivity index (χ3n) is 6.02. The van der Waals surface area contributed by atoms with Crippen molar-refractivity contribution < 1.29 is 15.3 Å². The summed E-state index contributed by atoms with van der Waals surface area (Å²) in [6, 6.07) is 5.66. The Balaban J connectivity index is 2.12. The number of aliphatic hydroxyl groups excluding tert-OH is 2. The second kappa shape index (κ2) is 4.47. The van der Waals surface area contributed by atoms with E-state index in [2.05, 4.69) is 6.92 Å². The zero-order valence-electron chi connectivity index (χ0n) is 12.3. The lowest BCUT2D eigenvalue weighted by Gasteiger charge is -2.56. The molecule has 0 bridgehead atoms. The van der Waals surface area contributed by atoms with Gasteiger partial charge in [-0.3, -0.25) is 0 Å². The van der Waals surface area contributed by atoms with Crippen LogP contribution in [0.15, 0.2) is 18.2 Å². The Kier molecular flexibility index (Phi) is 3.11. The van der Waals surface area contributed by atoms with E-state index in [0.717, 1.165) is 19.3 Å². The molecule has 2 aliphatic rings. The van der Waals surface area contributed by atoms with Crippen molar-refractivity contribution in [3.8, 4) is 5.75 Å². The zero-order chi connectivity index (χ0) is 14.5. The fraction of sp³-hybridized carbons (Fsp3) is 0.647. The van der Waals surface area contributed by atoms with Crippen LogP contribution in [-0.2, 0) is 11.8 Å². The van der Waals surface area contributed by atoms with Gasteiger partial charge in [0.1, 0.15) is 5.75 Å². The molecule has 4 atom stereocenters. The van der Waals surface area contributed by atoms with Gasteiger partial charge in [0, 0.05) is 5.41 Å². The minimum Gasteiger partial charge on any atom is -0.508 e. The van der Waals surface area contributed by atoms with Crippen molar-refractivity contribution in [1.29, 1.82) is 0 Å². The smallest absolute Gasteiger partial charge is 0.115 e. The van der Waals surface area contributed by atoms with Crippen molar-refractivity contribution in [2.75, 3.05) is 6.61 Å². The quantitative estimate of drug-likeness (QED) is 0.738. The van der Waals surface area contributed by atoms with E-state index in [9.17, 15) is 15.3 Å². The number of aliphatic hydroxyl groups is 2. The summed E-state index contributed by atoms with van der Waals surface area (Å²) >= 11 is 0. The van der Waals surface area contributed by atoms with Crippen LogP contribution < -0.4 is 0 Å². The Morgan fingerprint density at radius 1 is 1.25 bits per heavy atom. The number of phenols is 1. The van der Waals surface area contributed by atoms with E-state index in [1.807, 2.05) is 19.1 Å². The molecule has 1 fully saturated rings. The van der Waals surface area contributed by atoms with Gasteiger partial charge in [0.15, 0.2) is 0 Å². The third-order valence-corrected chi connectivity index (χ3v) is 6.02. The Hall–Kier alpha value is -1.06. The maximum Gasteiger partial charge on any atom is 0.115 e. The number of aryl methyl sites for hydroxylation is 1. The number of rotatable bonds is 1. The van der Waals surface area contributed by atoms with Crippen molar-refractivity contribution in [3.05, 3.63) is 29.3 Å². The molecule has 3 heteroatoms. The first-order valence-electron chi connectivity index (χ1n) is 7.53. The van der Waals surface area contributed by atoms with E-state index in [4.69, 9.17) is 0 Å². The SMILES string of the molecule is CC1(CO)[C@@H](O)CC[C@]2(C)c3cc(O)ccc3CC[C@@H]12. The maximum atomic E-state index is 10.4. The molecule has 3 N–H and O–H groups in total. The zero-order valence-corrected chi connectivity index (χ0v) is 12.3. The van der Waals surface area contributed by atoms with Gasteiger partial charge in [-0.15, -0.1) is 0 Å². The second-order valence-corrected chi connectivity index (χ2v) is 7.07. The number of aromatic hydroxyl groups is 1. The third kappa shape index (κ3) is 1.73. The Morgan fingerprint density at radius 3 is 2.70 bits per heavy atom. The molecule has 20 heavy (non-hydrogen) atoms. The molecule has 1 aromatic rings. The van der Waals surface area contributed by atoms with Crippen molar-refractivity contribution in [1.82, 2.24) is 0 Å². The first kappa shape index (κ1) is 13.9. The molecule has 2 aliphatic carbocycles. The Bertz CT molecular complexity index is 527. The van der Waals surface area contributed by atoms with Crippen LogP contribution >= 0.6 is 0 Å². The first-order valence-corrected chi connectivity index (χ1v) is 7.53. The van der Waals surface area contributed by atoms with Crippen LogP contribution in [-0.4, -0.2) is 28.0 Å². The maximum absolute atomic E-state index is 10.4. The van der Waals surface area contributed by atoms with Crippen LogP contribution in [0.4, 0.5) is 0 Å². The molecule has 0 saturated heterocycles. The lowest BCUT2D eigenvalue weighted by Crippen LogP contribution is -2.56. The van der Waals surface area contributed by atoms with Gasteiger partial charge >= 0.3 is 0 Å². The van der Waals surface area contributed by atoms with Crippen LogP contribution in [0.25, 0.3) is 0 Å². The van der Waals surface area contributed by atoms with E-state index in [1.165, 1.54) is 11.1 Å². The molecule has 1 unspecified atom stereocenters. The van der Waals surface area contributed by atoms with Gasteiger partial charge in [0.2, 0.25) is 0 Å². The molecule has 1 saturated carbocycles. The number of benzene rings is 1. The van der Waals surface area contributed by atoms with Crippen LogP contribution in [0.2, 0.25) is 0 Å². The standard InChI is InChI=1S/C17H24O3/c1-16-8-7-15(20)17(2,10-18)14(16)6-4-11-3-5-12(19)9-13(11)16/h3,5,9,14-15,18-20H,4,6-8,10H2,1-2H3/t14-,15+,16-,17?/m1/s1. The molecule has 0 amide bonds. The molecule has 0 spiro atoms. The summed E-state index contributed by atoms with van der Waals surface area (Å²) in [6.07, 6.45) is 3.12. The van der Waals surface area contributed by atoms with Gasteiger partial charge < -0.3 is 15.3 Å². The Morgan fingerprint density at radius 2 is 2.00 bits per heavy atom. The van der Waals surface area contributed by atoms with Crippen molar-refractivity contribution in [2.45, 2.75) is 51.0 Å². The molecule has 3 rings (SSSR count). The second-order valence-electron chi connectivity index (χ2n) is 7.07. The number of hydrogen-bond donors (Lipinski definition) is 3. The van der Waals surface area contributed by atoms with Gasteiger partial charge in [0.05, 0.1) is 12.7 Å². The molecule has 110 valence electrons.